The van der Waals surface area contributed by atoms with Crippen LogP contribution in [0.1, 0.15) is 68.8 Å². The van der Waals surface area contributed by atoms with E-state index in [0.717, 1.165) is 72.4 Å². The second kappa shape index (κ2) is 17.0. The second-order valence-electron chi connectivity index (χ2n) is 14.0. The molecule has 8 rings (SSSR count). The van der Waals surface area contributed by atoms with E-state index < -0.39 is 21.6 Å². The number of nitrogens with one attached hydrogen (secondary N) is 2. The Morgan fingerprint density at radius 2 is 1.21 bits per heavy atom. The average molecular weight is 805 g/mol. The molecular weight excluding hydrogens is 757 g/mol. The predicted octanol–water partition coefficient (Wildman–Crippen LogP) is 4.67. The zero-order chi connectivity index (χ0) is 36.5. The number of hydrogen-bond acceptors (Lipinski definition) is 11. The number of anilines is 3. The van der Waals surface area contributed by atoms with Crippen LogP contribution in [0.2, 0.25) is 10.3 Å². The van der Waals surface area contributed by atoms with E-state index in [1.165, 1.54) is 5.56 Å². The molecule has 0 spiro atoms. The molecule has 2 N–H and O–H groups in total. The van der Waals surface area contributed by atoms with E-state index in [1.54, 1.807) is 16.8 Å². The van der Waals surface area contributed by atoms with Crippen molar-refractivity contribution in [3.63, 3.8) is 0 Å². The smallest absolute Gasteiger partial charge is 0.227 e. The standard InChI is InChI=1S/C23H28ClN5O2S.C12H15ClN4O2S.CH4/c1-28-14-18(6-7-20(28)30)25-22-21-19(10-13-32(21)31)26-23(27-22)29-11-8-16(9-12-29)15-2-4-17(24)5-3-15;1-17-6-7(2-3-9(17)18)14-11-10-8(4-5-20(10)19)15-12(13)16-11;/h2-5,16,18H,6-14H2,1H3,(H,25,26,27);7H,2-6H2,1H3,(H,14,15,16);1H4/t18-,32?;7-,20?;/m00./s1. The first-order chi connectivity index (χ1) is 25.0. The minimum absolute atomic E-state index is 0. The van der Waals surface area contributed by atoms with Crippen LogP contribution in [0.4, 0.5) is 17.6 Å². The zero-order valence-corrected chi connectivity index (χ0v) is 32.4. The Morgan fingerprint density at radius 3 is 1.74 bits per heavy atom. The molecular formula is C36H47Cl2N9O4S2. The lowest BCUT2D eigenvalue weighted by atomic mass is 9.89. The lowest BCUT2D eigenvalue weighted by Crippen LogP contribution is -2.43. The molecule has 1 aromatic carbocycles. The number of fused-ring (bicyclic) bond motifs is 2. The summed E-state index contributed by atoms with van der Waals surface area (Å²) in [5, 5.41) is 7.72. The molecule has 3 saturated heterocycles. The van der Waals surface area contributed by atoms with Gasteiger partial charge in [-0.05, 0) is 60.9 Å². The molecule has 53 heavy (non-hydrogen) atoms. The van der Waals surface area contributed by atoms with E-state index in [4.69, 9.17) is 33.2 Å². The highest BCUT2D eigenvalue weighted by molar-refractivity contribution is 7.85. The summed E-state index contributed by atoms with van der Waals surface area (Å²) in [4.78, 5) is 48.5. The number of amides is 2. The molecule has 2 aromatic heterocycles. The van der Waals surface area contributed by atoms with Crippen LogP contribution in [0, 0.1) is 0 Å². The van der Waals surface area contributed by atoms with Crippen molar-refractivity contribution in [2.45, 2.75) is 86.6 Å². The number of carbonyl (C=O) groups is 2. The number of carbonyl (C=O) groups excluding carboxylic acids is 2. The van der Waals surface area contributed by atoms with Crippen LogP contribution < -0.4 is 15.5 Å². The van der Waals surface area contributed by atoms with Crippen molar-refractivity contribution in [1.29, 1.82) is 0 Å². The van der Waals surface area contributed by atoms with Gasteiger partial charge in [-0.3, -0.25) is 18.0 Å². The first-order valence-corrected chi connectivity index (χ1v) is 21.2. The van der Waals surface area contributed by atoms with Gasteiger partial charge < -0.3 is 25.3 Å². The van der Waals surface area contributed by atoms with Crippen LogP contribution in [-0.4, -0.2) is 114 Å². The number of aromatic nitrogens is 4. The Morgan fingerprint density at radius 1 is 0.698 bits per heavy atom. The van der Waals surface area contributed by atoms with Gasteiger partial charge in [0.25, 0.3) is 0 Å². The molecule has 0 bridgehead atoms. The molecule has 2 unspecified atom stereocenters. The highest BCUT2D eigenvalue weighted by atomic mass is 35.5. The highest BCUT2D eigenvalue weighted by Gasteiger charge is 2.32. The average Bonchev–Trinajstić information content (AvgIpc) is 3.70. The topological polar surface area (TPSA) is 154 Å². The molecule has 286 valence electrons. The van der Waals surface area contributed by atoms with Gasteiger partial charge >= 0.3 is 0 Å². The molecule has 4 atom stereocenters. The molecule has 3 fully saturated rings. The molecule has 2 amide bonds. The molecule has 5 aliphatic heterocycles. The second-order valence-corrected chi connectivity index (χ2v) is 17.8. The van der Waals surface area contributed by atoms with Crippen molar-refractivity contribution in [3.05, 3.63) is 51.5 Å². The molecule has 0 saturated carbocycles. The molecule has 5 aliphatic rings. The number of likely N-dealkylation sites (N-methyl/N-ethyl adjacent to an activating group) is 2. The van der Waals surface area contributed by atoms with Crippen LogP contribution in [0.15, 0.2) is 34.1 Å². The Bertz CT molecular complexity index is 1900. The van der Waals surface area contributed by atoms with Gasteiger partial charge in [0.05, 0.1) is 33.0 Å². The van der Waals surface area contributed by atoms with E-state index >= 15 is 0 Å². The Hall–Kier alpha value is -3.40. The van der Waals surface area contributed by atoms with E-state index in [-0.39, 0.29) is 36.6 Å². The summed E-state index contributed by atoms with van der Waals surface area (Å²) in [5.41, 5.74) is 3.00. The van der Waals surface area contributed by atoms with Crippen molar-refractivity contribution in [2.24, 2.45) is 0 Å². The molecule has 0 radical (unpaired) electrons. The minimum Gasteiger partial charge on any atom is -0.364 e. The molecule has 7 heterocycles. The Labute approximate surface area is 325 Å². The van der Waals surface area contributed by atoms with Crippen LogP contribution in [0.25, 0.3) is 0 Å². The summed E-state index contributed by atoms with van der Waals surface area (Å²) < 4.78 is 24.7. The molecule has 17 heteroatoms. The van der Waals surface area contributed by atoms with Gasteiger partial charge in [-0.2, -0.15) is 9.97 Å². The number of nitrogens with zero attached hydrogens (tertiary/aromatic N) is 7. The van der Waals surface area contributed by atoms with Gasteiger partial charge in [0.2, 0.25) is 23.0 Å². The largest absolute Gasteiger partial charge is 0.364 e. The van der Waals surface area contributed by atoms with Crippen molar-refractivity contribution >= 4 is 74.2 Å². The lowest BCUT2D eigenvalue weighted by Gasteiger charge is -2.33. The van der Waals surface area contributed by atoms with Crippen molar-refractivity contribution in [2.75, 3.05) is 67.3 Å². The van der Waals surface area contributed by atoms with Gasteiger partial charge in [-0.15, -0.1) is 0 Å². The molecule has 3 aromatic rings. The molecule has 0 aliphatic carbocycles. The predicted molar refractivity (Wildman–Crippen MR) is 210 cm³/mol. The number of rotatable bonds is 6. The van der Waals surface area contributed by atoms with Crippen LogP contribution in [0.5, 0.6) is 0 Å². The number of aryl methyl sites for hydroxylation is 2. The van der Waals surface area contributed by atoms with E-state index in [1.807, 2.05) is 19.2 Å². The third-order valence-corrected chi connectivity index (χ3v) is 13.7. The van der Waals surface area contributed by atoms with Gasteiger partial charge in [0.15, 0.2) is 0 Å². The highest BCUT2D eigenvalue weighted by Crippen LogP contribution is 2.35. The minimum atomic E-state index is -1.07. The lowest BCUT2D eigenvalue weighted by molar-refractivity contribution is -0.132. The SMILES string of the molecule is C.CN1C[C@@H](Nc2nc(Cl)nc3c2S(=O)CC3)CCC1=O.CN1C[C@@H](Nc2nc(N3CCC(c4ccc(Cl)cc4)CC3)nc3c2S(=O)CC3)CCC1=O. The first kappa shape index (κ1) is 39.3. The number of likely N-dealkylation sites (tertiary alicyclic amines) is 2. The number of halogens is 2. The van der Waals surface area contributed by atoms with Gasteiger partial charge in [0.1, 0.15) is 21.4 Å². The maximum Gasteiger partial charge on any atom is 0.227 e. The van der Waals surface area contributed by atoms with Crippen molar-refractivity contribution in [3.8, 4) is 0 Å². The fourth-order valence-electron chi connectivity index (χ4n) is 7.48. The van der Waals surface area contributed by atoms with Gasteiger partial charge in [0, 0.05) is 94.6 Å². The summed E-state index contributed by atoms with van der Waals surface area (Å²) in [6.07, 6.45) is 5.99. The van der Waals surface area contributed by atoms with Crippen LogP contribution in [-0.2, 0) is 44.0 Å². The van der Waals surface area contributed by atoms with Crippen LogP contribution in [0.3, 0.4) is 0 Å². The maximum absolute atomic E-state index is 12.7. The van der Waals surface area contributed by atoms with E-state index in [9.17, 15) is 18.0 Å². The number of hydrogen-bond donors (Lipinski definition) is 2. The first-order valence-electron chi connectivity index (χ1n) is 17.8. The fraction of sp³-hybridized carbons (Fsp3) is 0.556. The third-order valence-electron chi connectivity index (χ3n) is 10.4. The number of piperidine rings is 3. The summed E-state index contributed by atoms with van der Waals surface area (Å²) >= 11 is 12.0. The summed E-state index contributed by atoms with van der Waals surface area (Å²) in [5.74, 6) is 3.98. The third kappa shape index (κ3) is 8.95. The Balaban J connectivity index is 0.000000197. The number of benzene rings is 1. The van der Waals surface area contributed by atoms with Gasteiger partial charge in [-0.25, -0.2) is 9.97 Å². The van der Waals surface area contributed by atoms with Gasteiger partial charge in [-0.1, -0.05) is 31.2 Å². The van der Waals surface area contributed by atoms with E-state index in [0.29, 0.717) is 66.3 Å². The Kier molecular flexibility index (Phi) is 12.6. The summed E-state index contributed by atoms with van der Waals surface area (Å²) in [6, 6.07) is 8.38. The normalized spacial score (nSPS) is 24.2. The zero-order valence-electron chi connectivity index (χ0n) is 29.3. The summed E-state index contributed by atoms with van der Waals surface area (Å²) in [6.45, 7) is 3.01. The molecule has 13 nitrogen and oxygen atoms in total. The van der Waals surface area contributed by atoms with E-state index in [2.05, 4.69) is 37.6 Å². The fourth-order valence-corrected chi connectivity index (χ4v) is 10.4. The maximum atomic E-state index is 12.7. The summed E-state index contributed by atoms with van der Waals surface area (Å²) in [7, 11) is 1.47. The van der Waals surface area contributed by atoms with Crippen molar-refractivity contribution in [1.82, 2.24) is 29.7 Å². The quantitative estimate of drug-likeness (QED) is 0.335. The van der Waals surface area contributed by atoms with Crippen LogP contribution >= 0.6 is 23.2 Å². The monoisotopic (exact) mass is 803 g/mol. The van der Waals surface area contributed by atoms with Crippen molar-refractivity contribution < 1.29 is 18.0 Å².